The molecule has 0 aliphatic heterocycles. The minimum absolute atomic E-state index is 0.0654. The van der Waals surface area contributed by atoms with Crippen LogP contribution >= 0.6 is 0 Å². The van der Waals surface area contributed by atoms with Crippen molar-refractivity contribution in [1.29, 1.82) is 0 Å². The van der Waals surface area contributed by atoms with Crippen LogP contribution in [-0.2, 0) is 0 Å². The van der Waals surface area contributed by atoms with Gasteiger partial charge in [0.2, 0.25) is 0 Å². The Hall–Kier alpha value is -2.42. The molecule has 0 unspecified atom stereocenters. The van der Waals surface area contributed by atoms with Gasteiger partial charge in [-0.25, -0.2) is 0 Å². The summed E-state index contributed by atoms with van der Waals surface area (Å²) in [5.41, 5.74) is 3.06. The van der Waals surface area contributed by atoms with Crippen molar-refractivity contribution in [2.75, 3.05) is 0 Å². The number of nitrogens with one attached hydrogen (secondary N) is 1. The first-order valence-electron chi connectivity index (χ1n) is 6.73. The summed E-state index contributed by atoms with van der Waals surface area (Å²) in [4.78, 5) is 19.0. The fourth-order valence-corrected chi connectivity index (χ4v) is 2.31. The molecule has 0 saturated carbocycles. The van der Waals surface area contributed by atoms with Gasteiger partial charge in [-0.1, -0.05) is 26.0 Å². The van der Waals surface area contributed by atoms with Crippen molar-refractivity contribution in [3.63, 3.8) is 0 Å². The van der Waals surface area contributed by atoms with E-state index in [0.29, 0.717) is 11.3 Å². The molecule has 1 N–H and O–H groups in total. The predicted molar refractivity (Wildman–Crippen MR) is 81.9 cm³/mol. The van der Waals surface area contributed by atoms with E-state index in [0.717, 1.165) is 16.6 Å². The zero-order valence-electron chi connectivity index (χ0n) is 11.6. The molecule has 3 rings (SSSR count). The average Bonchev–Trinajstić information content (AvgIpc) is 2.47. The second kappa shape index (κ2) is 4.93. The summed E-state index contributed by atoms with van der Waals surface area (Å²) in [5, 5.41) is 1.64. The first-order chi connectivity index (χ1) is 9.65. The van der Waals surface area contributed by atoms with E-state index in [1.54, 1.807) is 6.20 Å². The number of H-pyrrole nitrogens is 1. The van der Waals surface area contributed by atoms with Crippen molar-refractivity contribution >= 4 is 10.8 Å². The first-order valence-corrected chi connectivity index (χ1v) is 6.73. The van der Waals surface area contributed by atoms with Gasteiger partial charge in [0.05, 0.1) is 5.69 Å². The highest BCUT2D eigenvalue weighted by molar-refractivity contribution is 5.85. The largest absolute Gasteiger partial charge is 0.329 e. The molecular weight excluding hydrogens is 248 g/mol. The Kier molecular flexibility index (Phi) is 3.11. The van der Waals surface area contributed by atoms with E-state index in [1.165, 1.54) is 5.56 Å². The SMILES string of the molecule is CC(C)c1ccnc(-c2ccc3cc[nH]c(=O)c3c2)c1. The van der Waals surface area contributed by atoms with Crippen molar-refractivity contribution in [3.05, 3.63) is 64.7 Å². The highest BCUT2D eigenvalue weighted by Crippen LogP contribution is 2.24. The van der Waals surface area contributed by atoms with Gasteiger partial charge in [0.1, 0.15) is 0 Å². The summed E-state index contributed by atoms with van der Waals surface area (Å²) < 4.78 is 0. The molecule has 0 spiro atoms. The zero-order valence-corrected chi connectivity index (χ0v) is 11.6. The number of benzene rings is 1. The third-order valence-electron chi connectivity index (χ3n) is 3.52. The van der Waals surface area contributed by atoms with Crippen LogP contribution in [0.15, 0.2) is 53.6 Å². The maximum absolute atomic E-state index is 11.9. The topological polar surface area (TPSA) is 45.8 Å². The molecule has 0 fully saturated rings. The zero-order chi connectivity index (χ0) is 14.1. The second-order valence-electron chi connectivity index (χ2n) is 5.24. The van der Waals surface area contributed by atoms with E-state index in [1.807, 2.05) is 36.5 Å². The number of aromatic amines is 1. The lowest BCUT2D eigenvalue weighted by Gasteiger charge is -2.08. The number of fused-ring (bicyclic) bond motifs is 1. The molecular formula is C17H16N2O. The molecule has 0 amide bonds. The van der Waals surface area contributed by atoms with E-state index in [2.05, 4.69) is 29.9 Å². The summed E-state index contributed by atoms with van der Waals surface area (Å²) in [6.07, 6.45) is 3.49. The number of hydrogen-bond acceptors (Lipinski definition) is 2. The van der Waals surface area contributed by atoms with Gasteiger partial charge in [-0.2, -0.15) is 0 Å². The molecule has 3 aromatic rings. The number of rotatable bonds is 2. The van der Waals surface area contributed by atoms with E-state index < -0.39 is 0 Å². The van der Waals surface area contributed by atoms with Gasteiger partial charge in [-0.05, 0) is 41.1 Å². The maximum atomic E-state index is 11.9. The second-order valence-corrected chi connectivity index (χ2v) is 5.24. The summed E-state index contributed by atoms with van der Waals surface area (Å²) in [6.45, 7) is 4.31. The van der Waals surface area contributed by atoms with E-state index in [9.17, 15) is 4.79 Å². The van der Waals surface area contributed by atoms with Crippen LogP contribution in [0.5, 0.6) is 0 Å². The third-order valence-corrected chi connectivity index (χ3v) is 3.52. The minimum Gasteiger partial charge on any atom is -0.329 e. The highest BCUT2D eigenvalue weighted by atomic mass is 16.1. The van der Waals surface area contributed by atoms with Gasteiger partial charge in [0, 0.05) is 23.3 Å². The number of hydrogen-bond donors (Lipinski definition) is 1. The van der Waals surface area contributed by atoms with Gasteiger partial charge in [-0.3, -0.25) is 9.78 Å². The number of aromatic nitrogens is 2. The summed E-state index contributed by atoms with van der Waals surface area (Å²) in [5.74, 6) is 0.459. The summed E-state index contributed by atoms with van der Waals surface area (Å²) >= 11 is 0. The predicted octanol–water partition coefficient (Wildman–Crippen LogP) is 3.71. The Balaban J connectivity index is 2.17. The van der Waals surface area contributed by atoms with Gasteiger partial charge in [0.15, 0.2) is 0 Å². The highest BCUT2D eigenvalue weighted by Gasteiger charge is 2.06. The molecule has 2 aromatic heterocycles. The quantitative estimate of drug-likeness (QED) is 0.766. The van der Waals surface area contributed by atoms with Crippen molar-refractivity contribution in [3.8, 4) is 11.3 Å². The van der Waals surface area contributed by atoms with Gasteiger partial charge in [0.25, 0.3) is 5.56 Å². The molecule has 100 valence electrons. The molecule has 2 heterocycles. The fourth-order valence-electron chi connectivity index (χ4n) is 2.31. The normalized spacial score (nSPS) is 11.2. The van der Waals surface area contributed by atoms with Gasteiger partial charge in [-0.15, -0.1) is 0 Å². The van der Waals surface area contributed by atoms with Gasteiger partial charge < -0.3 is 4.98 Å². The van der Waals surface area contributed by atoms with Crippen molar-refractivity contribution < 1.29 is 0 Å². The number of pyridine rings is 2. The van der Waals surface area contributed by atoms with Crippen molar-refractivity contribution in [2.24, 2.45) is 0 Å². The van der Waals surface area contributed by atoms with E-state index in [-0.39, 0.29) is 5.56 Å². The molecule has 3 heteroatoms. The van der Waals surface area contributed by atoms with Crippen LogP contribution in [0.3, 0.4) is 0 Å². The molecule has 0 saturated heterocycles. The van der Waals surface area contributed by atoms with Crippen LogP contribution in [-0.4, -0.2) is 9.97 Å². The van der Waals surface area contributed by atoms with Crippen molar-refractivity contribution in [1.82, 2.24) is 9.97 Å². The Morgan fingerprint density at radius 2 is 1.95 bits per heavy atom. The average molecular weight is 264 g/mol. The molecule has 0 radical (unpaired) electrons. The minimum atomic E-state index is -0.0654. The number of nitrogens with zero attached hydrogens (tertiary/aromatic N) is 1. The Morgan fingerprint density at radius 1 is 1.10 bits per heavy atom. The lowest BCUT2D eigenvalue weighted by atomic mass is 10.0. The standard InChI is InChI=1S/C17H16N2O/c1-11(2)13-6-7-18-16(10-13)14-4-3-12-5-8-19-17(20)15(12)9-14/h3-11H,1-2H3,(H,19,20). The van der Waals surface area contributed by atoms with E-state index in [4.69, 9.17) is 0 Å². The van der Waals surface area contributed by atoms with Crippen LogP contribution < -0.4 is 5.56 Å². The molecule has 0 atom stereocenters. The van der Waals surface area contributed by atoms with Crippen LogP contribution in [0.25, 0.3) is 22.0 Å². The Morgan fingerprint density at radius 3 is 2.75 bits per heavy atom. The van der Waals surface area contributed by atoms with Crippen LogP contribution in [0.1, 0.15) is 25.3 Å². The summed E-state index contributed by atoms with van der Waals surface area (Å²) in [7, 11) is 0. The smallest absolute Gasteiger partial charge is 0.255 e. The van der Waals surface area contributed by atoms with Crippen LogP contribution in [0.2, 0.25) is 0 Å². The lowest BCUT2D eigenvalue weighted by Crippen LogP contribution is -2.04. The lowest BCUT2D eigenvalue weighted by molar-refractivity contribution is 0.864. The third kappa shape index (κ3) is 2.23. The molecule has 1 aromatic carbocycles. The fraction of sp³-hybridized carbons (Fsp3) is 0.176. The monoisotopic (exact) mass is 264 g/mol. The first kappa shape index (κ1) is 12.6. The maximum Gasteiger partial charge on any atom is 0.255 e. The van der Waals surface area contributed by atoms with Crippen LogP contribution in [0, 0.1) is 0 Å². The van der Waals surface area contributed by atoms with E-state index >= 15 is 0 Å². The molecule has 3 nitrogen and oxygen atoms in total. The molecule has 0 aliphatic rings. The Labute approximate surface area is 117 Å². The van der Waals surface area contributed by atoms with Gasteiger partial charge >= 0.3 is 0 Å². The van der Waals surface area contributed by atoms with Crippen molar-refractivity contribution in [2.45, 2.75) is 19.8 Å². The van der Waals surface area contributed by atoms with Crippen LogP contribution in [0.4, 0.5) is 0 Å². The molecule has 20 heavy (non-hydrogen) atoms. The summed E-state index contributed by atoms with van der Waals surface area (Å²) in [6, 6.07) is 11.9. The molecule has 0 bridgehead atoms. The Bertz CT molecular complexity index is 818. The molecule has 0 aliphatic carbocycles.